The van der Waals surface area contributed by atoms with Gasteiger partial charge in [0.05, 0.1) is 43.4 Å². The Balaban J connectivity index is 0.000000152. The minimum atomic E-state index is 0.107. The van der Waals surface area contributed by atoms with E-state index in [2.05, 4.69) is 179 Å². The molecule has 5 heterocycles. The maximum absolute atomic E-state index is 12.3. The highest BCUT2D eigenvalue weighted by molar-refractivity contribution is 6.32. The van der Waals surface area contributed by atoms with Gasteiger partial charge < -0.3 is 29.9 Å². The molecule has 8 aromatic rings. The van der Waals surface area contributed by atoms with Gasteiger partial charge in [-0.15, -0.1) is 5.10 Å². The van der Waals surface area contributed by atoms with Gasteiger partial charge in [-0.25, -0.2) is 4.98 Å². The molecule has 13 nitrogen and oxygen atoms in total. The van der Waals surface area contributed by atoms with E-state index in [-0.39, 0.29) is 11.7 Å². The molecule has 0 spiro atoms. The van der Waals surface area contributed by atoms with E-state index in [1.807, 2.05) is 48.1 Å². The van der Waals surface area contributed by atoms with Crippen LogP contribution >= 0.6 is 11.6 Å². The van der Waals surface area contributed by atoms with Crippen LogP contribution < -0.4 is 20.1 Å². The monoisotopic (exact) mass is 1070 g/mol. The number of carbonyl (C=O) groups excluding carboxylic acids is 1. The fraction of sp³-hybridized carbons (Fsp3) is 0.375. The second-order valence-corrected chi connectivity index (χ2v) is 20.9. The normalized spacial score (nSPS) is 13.4. The lowest BCUT2D eigenvalue weighted by molar-refractivity contribution is 0.0903. The summed E-state index contributed by atoms with van der Waals surface area (Å²) < 4.78 is 13.1. The van der Waals surface area contributed by atoms with Crippen LogP contribution in [0.5, 0.6) is 11.8 Å². The highest BCUT2D eigenvalue weighted by atomic mass is 35.5. The molecule has 0 bridgehead atoms. The van der Waals surface area contributed by atoms with Crippen LogP contribution in [0.3, 0.4) is 0 Å². The molecular formula is C64H79ClN10O3. The van der Waals surface area contributed by atoms with Gasteiger partial charge in [0, 0.05) is 49.1 Å². The Morgan fingerprint density at radius 3 is 2.19 bits per heavy atom. The molecule has 3 aromatic heterocycles. The number of carbonyl (C=O) groups is 1. The zero-order valence-corrected chi connectivity index (χ0v) is 48.3. The summed E-state index contributed by atoms with van der Waals surface area (Å²) in [5.41, 5.74) is 12.9. The number of halogens is 1. The van der Waals surface area contributed by atoms with Crippen molar-refractivity contribution in [1.29, 1.82) is 0 Å². The first-order valence-electron chi connectivity index (χ1n) is 27.4. The third kappa shape index (κ3) is 16.7. The summed E-state index contributed by atoms with van der Waals surface area (Å²) in [6.07, 6.45) is 7.40. The van der Waals surface area contributed by atoms with Gasteiger partial charge in [0.1, 0.15) is 11.5 Å². The fourth-order valence-electron chi connectivity index (χ4n) is 9.37. The number of aryl methyl sites for hydroxylation is 6. The van der Waals surface area contributed by atoms with Crippen LogP contribution in [-0.2, 0) is 19.4 Å². The SMILES string of the molecule is CCc1ccc(C(=O)C(C)CN2CCCC2)cc1.CN(C)CCCOc1nn(Cc2ccccc2)c2ccccc12.COc1nc(C)nc(Cl)c1NC1=NCCN1.Cc1ccc(Cc2nccc3cc(C)c(C)cc23)cc1C. The summed E-state index contributed by atoms with van der Waals surface area (Å²) in [6.45, 7) is 21.8. The highest BCUT2D eigenvalue weighted by Crippen LogP contribution is 2.30. The maximum atomic E-state index is 12.3. The number of anilines is 1. The minimum absolute atomic E-state index is 0.107. The number of rotatable bonds is 16. The van der Waals surface area contributed by atoms with Crippen molar-refractivity contribution >= 4 is 50.7 Å². The number of fused-ring (bicyclic) bond motifs is 2. The van der Waals surface area contributed by atoms with Gasteiger partial charge in [-0.3, -0.25) is 19.5 Å². The van der Waals surface area contributed by atoms with Crippen molar-refractivity contribution in [2.24, 2.45) is 10.9 Å². The number of ether oxygens (including phenoxy) is 2. The predicted octanol–water partition coefficient (Wildman–Crippen LogP) is 12.5. The summed E-state index contributed by atoms with van der Waals surface area (Å²) in [6, 6.07) is 40.0. The van der Waals surface area contributed by atoms with E-state index in [1.54, 1.807) is 6.92 Å². The number of methoxy groups -OCH3 is 1. The summed E-state index contributed by atoms with van der Waals surface area (Å²) >= 11 is 6.02. The van der Waals surface area contributed by atoms with Crippen molar-refractivity contribution in [2.75, 3.05) is 72.4 Å². The molecule has 1 unspecified atom stereocenters. The second kappa shape index (κ2) is 29.0. The van der Waals surface area contributed by atoms with E-state index in [0.717, 1.165) is 87.4 Å². The van der Waals surface area contributed by atoms with Gasteiger partial charge in [0.2, 0.25) is 11.8 Å². The Morgan fingerprint density at radius 2 is 1.50 bits per heavy atom. The van der Waals surface area contributed by atoms with Crippen molar-refractivity contribution in [3.63, 3.8) is 0 Å². The number of benzene rings is 5. The molecule has 2 aliphatic heterocycles. The molecule has 1 fully saturated rings. The lowest BCUT2D eigenvalue weighted by Crippen LogP contribution is -2.29. The molecule has 5 aromatic carbocycles. The summed E-state index contributed by atoms with van der Waals surface area (Å²) in [5.74, 6) is 2.76. The molecule has 0 saturated carbocycles. The van der Waals surface area contributed by atoms with E-state index in [4.69, 9.17) is 21.1 Å². The van der Waals surface area contributed by atoms with E-state index in [1.165, 1.54) is 75.4 Å². The fourth-order valence-corrected chi connectivity index (χ4v) is 9.62. The van der Waals surface area contributed by atoms with Gasteiger partial charge in [-0.2, -0.15) is 4.98 Å². The average molecular weight is 1070 g/mol. The molecule has 0 radical (unpaired) electrons. The number of hydrogen-bond donors (Lipinski definition) is 2. The predicted molar refractivity (Wildman–Crippen MR) is 321 cm³/mol. The van der Waals surface area contributed by atoms with Crippen LogP contribution in [0.25, 0.3) is 21.7 Å². The number of nitrogens with zero attached hydrogens (tertiary/aromatic N) is 8. The molecule has 1 saturated heterocycles. The van der Waals surface area contributed by atoms with Crippen LogP contribution in [-0.4, -0.2) is 113 Å². The van der Waals surface area contributed by atoms with Crippen LogP contribution in [0.1, 0.15) is 93.9 Å². The van der Waals surface area contributed by atoms with Crippen molar-refractivity contribution in [2.45, 2.75) is 87.1 Å². The summed E-state index contributed by atoms with van der Waals surface area (Å²) in [5, 5.41) is 14.7. The number of Topliss-reactive ketones (excluding diaryl/α,β-unsaturated/α-hetero) is 1. The Hall–Kier alpha value is -7.19. The number of aromatic nitrogens is 5. The number of nitrogens with one attached hydrogen (secondary N) is 2. The number of ketones is 1. The van der Waals surface area contributed by atoms with Gasteiger partial charge in [-0.05, 0) is 156 Å². The third-order valence-corrected chi connectivity index (χ3v) is 14.3. The lowest BCUT2D eigenvalue weighted by Gasteiger charge is -2.19. The first-order chi connectivity index (χ1) is 37.7. The Bertz CT molecular complexity index is 3240. The molecule has 14 heteroatoms. The maximum Gasteiger partial charge on any atom is 0.242 e. The van der Waals surface area contributed by atoms with E-state index in [9.17, 15) is 4.79 Å². The number of pyridine rings is 1. The van der Waals surface area contributed by atoms with Gasteiger partial charge >= 0.3 is 0 Å². The smallest absolute Gasteiger partial charge is 0.242 e. The van der Waals surface area contributed by atoms with Crippen molar-refractivity contribution in [3.05, 3.63) is 183 Å². The Labute approximate surface area is 467 Å². The largest absolute Gasteiger partial charge is 0.479 e. The molecule has 78 heavy (non-hydrogen) atoms. The van der Waals surface area contributed by atoms with Crippen LogP contribution in [0.15, 0.2) is 126 Å². The third-order valence-electron chi connectivity index (χ3n) is 14.1. The summed E-state index contributed by atoms with van der Waals surface area (Å²) in [7, 11) is 5.68. The molecule has 1 atom stereocenters. The highest BCUT2D eigenvalue weighted by Gasteiger charge is 2.21. The minimum Gasteiger partial charge on any atom is -0.479 e. The zero-order chi connectivity index (χ0) is 55.6. The van der Waals surface area contributed by atoms with Crippen molar-refractivity contribution < 1.29 is 14.3 Å². The van der Waals surface area contributed by atoms with Gasteiger partial charge in [-0.1, -0.05) is 116 Å². The molecule has 410 valence electrons. The lowest BCUT2D eigenvalue weighted by atomic mass is 9.97. The Kier molecular flexibility index (Phi) is 21.7. The zero-order valence-electron chi connectivity index (χ0n) is 47.5. The van der Waals surface area contributed by atoms with Crippen molar-refractivity contribution in [3.8, 4) is 11.8 Å². The van der Waals surface area contributed by atoms with Crippen LogP contribution in [0.4, 0.5) is 5.69 Å². The van der Waals surface area contributed by atoms with E-state index < -0.39 is 0 Å². The topological polar surface area (TPSA) is 135 Å². The molecular weight excluding hydrogens is 992 g/mol. The number of para-hydroxylation sites is 1. The second-order valence-electron chi connectivity index (χ2n) is 20.5. The molecule has 2 N–H and O–H groups in total. The van der Waals surface area contributed by atoms with Crippen LogP contribution in [0, 0.1) is 40.5 Å². The van der Waals surface area contributed by atoms with Gasteiger partial charge in [0.15, 0.2) is 16.9 Å². The standard InChI is InChI=1S/C20H21N.C19H23N3O.C16H23NO.C9H12ClN5O/c1-13-5-6-17(9-14(13)2)12-20-19-11-16(4)15(3)10-18(19)7-8-21-20;1-21(2)13-8-14-23-19-17-11-6-7-12-18(17)22(20-19)15-16-9-4-3-5-10-16;1-3-14-6-8-15(9-7-14)16(18)13(2)12-17-10-4-5-11-17;1-5-13-7(10)6(8(14-5)16-2)15-9-11-3-4-12-9/h5-11H,12H2,1-4H3;3-7,9-12H,8,13-15H2,1-2H3;6-9,13H,3-5,10-12H2,1-2H3;3-4H2,1-2H3,(H2,11,12,15). The number of aliphatic imine (C=N–C) groups is 1. The van der Waals surface area contributed by atoms with Crippen molar-refractivity contribution in [1.82, 2.24) is 39.8 Å². The van der Waals surface area contributed by atoms with E-state index in [0.29, 0.717) is 35.1 Å². The van der Waals surface area contributed by atoms with Gasteiger partial charge in [0.25, 0.3) is 0 Å². The first-order valence-corrected chi connectivity index (χ1v) is 27.7. The number of likely N-dealkylation sites (tertiary alicyclic amines) is 1. The first kappa shape index (κ1) is 58.5. The summed E-state index contributed by atoms with van der Waals surface area (Å²) in [4.78, 5) is 33.9. The quantitative estimate of drug-likeness (QED) is 0.0544. The van der Waals surface area contributed by atoms with Crippen LogP contribution in [0.2, 0.25) is 5.15 Å². The number of guanidine groups is 1. The van der Waals surface area contributed by atoms with E-state index >= 15 is 0 Å². The number of hydrogen-bond acceptors (Lipinski definition) is 12. The molecule has 2 aliphatic rings. The Morgan fingerprint density at radius 1 is 0.795 bits per heavy atom. The molecule has 0 aliphatic carbocycles. The average Bonchev–Trinajstić information content (AvgIpc) is 4.24. The molecule has 10 rings (SSSR count). The molecule has 0 amide bonds.